The van der Waals surface area contributed by atoms with E-state index in [1.165, 1.54) is 11.1 Å². The van der Waals surface area contributed by atoms with Gasteiger partial charge < -0.3 is 18.6 Å². The van der Waals surface area contributed by atoms with E-state index in [2.05, 4.69) is 32.0 Å². The maximum atomic E-state index is 13.1. The molecule has 0 N–H and O–H groups in total. The van der Waals surface area contributed by atoms with E-state index in [4.69, 9.17) is 18.6 Å². The molecule has 5 nitrogen and oxygen atoms in total. The molecule has 5 heteroatoms. The number of hydrogen-bond donors (Lipinski definition) is 0. The number of hydrogen-bond acceptors (Lipinski definition) is 5. The molecule has 0 radical (unpaired) electrons. The summed E-state index contributed by atoms with van der Waals surface area (Å²) in [5, 5.41) is 0.426. The molecule has 4 rings (SSSR count). The van der Waals surface area contributed by atoms with Crippen LogP contribution >= 0.6 is 0 Å². The summed E-state index contributed by atoms with van der Waals surface area (Å²) in [5.41, 5.74) is 3.69. The molecule has 0 saturated carbocycles. The van der Waals surface area contributed by atoms with Crippen molar-refractivity contribution >= 4 is 11.0 Å². The number of benzene rings is 3. The average Bonchev–Trinajstić information content (AvgIpc) is 2.77. The minimum atomic E-state index is -0.245. The highest BCUT2D eigenvalue weighted by atomic mass is 16.5. The highest BCUT2D eigenvalue weighted by molar-refractivity contribution is 5.79. The highest BCUT2D eigenvalue weighted by Crippen LogP contribution is 2.32. The summed E-state index contributed by atoms with van der Waals surface area (Å²) in [7, 11) is 1.55. The Kier molecular flexibility index (Phi) is 5.67. The van der Waals surface area contributed by atoms with E-state index in [1.807, 2.05) is 12.1 Å². The zero-order valence-electron chi connectivity index (χ0n) is 18.0. The van der Waals surface area contributed by atoms with Gasteiger partial charge in [-0.3, -0.25) is 4.79 Å². The number of ether oxygens (including phenoxy) is 3. The fourth-order valence-corrected chi connectivity index (χ4v) is 3.41. The SMILES string of the molecule is COc1ccccc1Oc1c(C)oc2cc(OCc3cc(C)ccc3C)ccc2c1=O. The minimum Gasteiger partial charge on any atom is -0.493 e. The number of rotatable bonds is 6. The highest BCUT2D eigenvalue weighted by Gasteiger charge is 2.16. The van der Waals surface area contributed by atoms with Crippen LogP contribution in [-0.2, 0) is 6.61 Å². The van der Waals surface area contributed by atoms with Crippen molar-refractivity contribution in [3.05, 3.63) is 93.3 Å². The lowest BCUT2D eigenvalue weighted by molar-refractivity contribution is 0.305. The van der Waals surface area contributed by atoms with Crippen molar-refractivity contribution in [2.75, 3.05) is 7.11 Å². The molecule has 0 saturated heterocycles. The summed E-state index contributed by atoms with van der Waals surface area (Å²) >= 11 is 0. The average molecular weight is 416 g/mol. The van der Waals surface area contributed by atoms with Crippen LogP contribution in [0.4, 0.5) is 0 Å². The molecule has 1 heterocycles. The third-order valence-electron chi connectivity index (χ3n) is 5.17. The van der Waals surface area contributed by atoms with Crippen LogP contribution in [0.2, 0.25) is 0 Å². The summed E-state index contributed by atoms with van der Waals surface area (Å²) in [6.07, 6.45) is 0. The molecule has 4 aromatic rings. The van der Waals surface area contributed by atoms with Crippen LogP contribution in [0, 0.1) is 20.8 Å². The Labute approximate surface area is 180 Å². The zero-order valence-corrected chi connectivity index (χ0v) is 18.0. The predicted octanol–water partition coefficient (Wildman–Crippen LogP) is 6.10. The van der Waals surface area contributed by atoms with Crippen LogP contribution in [0.1, 0.15) is 22.5 Å². The summed E-state index contributed by atoms with van der Waals surface area (Å²) < 4.78 is 23.0. The fraction of sp³-hybridized carbons (Fsp3) is 0.192. The van der Waals surface area contributed by atoms with E-state index >= 15 is 0 Å². The molecule has 0 atom stereocenters. The molecule has 0 aliphatic rings. The van der Waals surface area contributed by atoms with Crippen molar-refractivity contribution in [2.24, 2.45) is 0 Å². The summed E-state index contributed by atoms with van der Waals surface area (Å²) in [6, 6.07) is 18.7. The summed E-state index contributed by atoms with van der Waals surface area (Å²) in [6.45, 7) is 6.26. The van der Waals surface area contributed by atoms with E-state index in [1.54, 1.807) is 44.4 Å². The number of fused-ring (bicyclic) bond motifs is 1. The zero-order chi connectivity index (χ0) is 22.0. The fourth-order valence-electron chi connectivity index (χ4n) is 3.41. The normalized spacial score (nSPS) is 10.8. The van der Waals surface area contributed by atoms with Gasteiger partial charge in [-0.15, -0.1) is 0 Å². The molecule has 31 heavy (non-hydrogen) atoms. The quantitative estimate of drug-likeness (QED) is 0.380. The van der Waals surface area contributed by atoms with Crippen LogP contribution in [0.3, 0.4) is 0 Å². The summed E-state index contributed by atoms with van der Waals surface area (Å²) in [4.78, 5) is 13.1. The molecule has 3 aromatic carbocycles. The molecular formula is C26H24O5. The number of para-hydroxylation sites is 2. The van der Waals surface area contributed by atoms with Gasteiger partial charge in [0.2, 0.25) is 11.2 Å². The van der Waals surface area contributed by atoms with E-state index in [-0.39, 0.29) is 11.2 Å². The van der Waals surface area contributed by atoms with Gasteiger partial charge in [-0.25, -0.2) is 0 Å². The van der Waals surface area contributed by atoms with Crippen LogP contribution in [0.25, 0.3) is 11.0 Å². The Hall–Kier alpha value is -3.73. The standard InChI is InChI=1S/C26H24O5/c1-16-9-10-17(2)19(13-16)15-29-20-11-12-21-24(14-20)30-18(3)26(25(21)27)31-23-8-6-5-7-22(23)28-4/h5-14H,15H2,1-4H3. The monoisotopic (exact) mass is 416 g/mol. The third kappa shape index (κ3) is 4.26. The van der Waals surface area contributed by atoms with Crippen molar-refractivity contribution in [1.29, 1.82) is 0 Å². The van der Waals surface area contributed by atoms with E-state index in [0.29, 0.717) is 40.6 Å². The summed E-state index contributed by atoms with van der Waals surface area (Å²) in [5.74, 6) is 2.15. The van der Waals surface area contributed by atoms with Crippen LogP contribution < -0.4 is 19.6 Å². The van der Waals surface area contributed by atoms with Crippen molar-refractivity contribution in [3.8, 4) is 23.0 Å². The van der Waals surface area contributed by atoms with Crippen molar-refractivity contribution in [2.45, 2.75) is 27.4 Å². The van der Waals surface area contributed by atoms with Crippen LogP contribution in [0.15, 0.2) is 69.9 Å². The smallest absolute Gasteiger partial charge is 0.235 e. The van der Waals surface area contributed by atoms with Gasteiger partial charge in [0.15, 0.2) is 11.5 Å². The van der Waals surface area contributed by atoms with Crippen LogP contribution in [0.5, 0.6) is 23.0 Å². The maximum absolute atomic E-state index is 13.1. The third-order valence-corrected chi connectivity index (χ3v) is 5.17. The maximum Gasteiger partial charge on any atom is 0.235 e. The lowest BCUT2D eigenvalue weighted by atomic mass is 10.1. The molecule has 0 unspecified atom stereocenters. The Bertz CT molecular complexity index is 1300. The second-order valence-electron chi connectivity index (χ2n) is 7.45. The molecule has 158 valence electrons. The van der Waals surface area contributed by atoms with Gasteiger partial charge in [0.25, 0.3) is 0 Å². The molecule has 0 bridgehead atoms. The molecule has 0 spiro atoms. The molecule has 0 aliphatic heterocycles. The molecule has 0 fully saturated rings. The Balaban J connectivity index is 1.63. The topological polar surface area (TPSA) is 57.9 Å². The first-order valence-electron chi connectivity index (χ1n) is 10.0. The first kappa shape index (κ1) is 20.5. The Morgan fingerprint density at radius 2 is 1.68 bits per heavy atom. The van der Waals surface area contributed by atoms with Gasteiger partial charge in [-0.05, 0) is 56.2 Å². The molecule has 0 aliphatic carbocycles. The Morgan fingerprint density at radius 1 is 0.903 bits per heavy atom. The lowest BCUT2D eigenvalue weighted by Gasteiger charge is -2.13. The first-order chi connectivity index (χ1) is 15.0. The second kappa shape index (κ2) is 8.56. The van der Waals surface area contributed by atoms with Gasteiger partial charge in [0.1, 0.15) is 23.7 Å². The van der Waals surface area contributed by atoms with Gasteiger partial charge in [0, 0.05) is 6.07 Å². The predicted molar refractivity (Wildman–Crippen MR) is 121 cm³/mol. The van der Waals surface area contributed by atoms with Crippen molar-refractivity contribution in [1.82, 2.24) is 0 Å². The number of aryl methyl sites for hydroxylation is 3. The van der Waals surface area contributed by atoms with Gasteiger partial charge >= 0.3 is 0 Å². The van der Waals surface area contributed by atoms with Crippen molar-refractivity contribution in [3.63, 3.8) is 0 Å². The van der Waals surface area contributed by atoms with Crippen LogP contribution in [-0.4, -0.2) is 7.11 Å². The largest absolute Gasteiger partial charge is 0.493 e. The van der Waals surface area contributed by atoms with E-state index in [9.17, 15) is 4.79 Å². The van der Waals surface area contributed by atoms with Gasteiger partial charge in [0.05, 0.1) is 12.5 Å². The Morgan fingerprint density at radius 3 is 2.45 bits per heavy atom. The molecule has 1 aromatic heterocycles. The first-order valence-corrected chi connectivity index (χ1v) is 10.0. The number of methoxy groups -OCH3 is 1. The van der Waals surface area contributed by atoms with Gasteiger partial charge in [-0.2, -0.15) is 0 Å². The van der Waals surface area contributed by atoms with E-state index in [0.717, 1.165) is 5.56 Å². The van der Waals surface area contributed by atoms with Crippen molar-refractivity contribution < 1.29 is 18.6 Å². The lowest BCUT2D eigenvalue weighted by Crippen LogP contribution is -2.08. The van der Waals surface area contributed by atoms with Gasteiger partial charge in [-0.1, -0.05) is 35.9 Å². The molecular weight excluding hydrogens is 392 g/mol. The molecule has 0 amide bonds. The second-order valence-corrected chi connectivity index (χ2v) is 7.45. The van der Waals surface area contributed by atoms with E-state index < -0.39 is 0 Å². The minimum absolute atomic E-state index is 0.140.